The number of ether oxygens (including phenoxy) is 1. The van der Waals surface area contributed by atoms with E-state index >= 15 is 0 Å². The molecule has 2 bridgehead atoms. The van der Waals surface area contributed by atoms with Gasteiger partial charge in [0.05, 0.1) is 12.6 Å². The third kappa shape index (κ3) is 4.66. The molecule has 4 heterocycles. The summed E-state index contributed by atoms with van der Waals surface area (Å²) in [7, 11) is 0. The van der Waals surface area contributed by atoms with Crippen molar-refractivity contribution in [2.75, 3.05) is 13.2 Å². The van der Waals surface area contributed by atoms with Crippen LogP contribution in [0.5, 0.6) is 5.75 Å². The Morgan fingerprint density at radius 1 is 1.31 bits per heavy atom. The number of aromatic nitrogens is 1. The second-order valence-electron chi connectivity index (χ2n) is 10.1. The third-order valence-corrected chi connectivity index (χ3v) is 7.67. The molecule has 0 saturated carbocycles. The van der Waals surface area contributed by atoms with Crippen molar-refractivity contribution in [3.8, 4) is 5.75 Å². The number of nitrogens with zero attached hydrogens (tertiary/aromatic N) is 3. The lowest BCUT2D eigenvalue weighted by molar-refractivity contribution is -0.259. The van der Waals surface area contributed by atoms with E-state index in [1.807, 2.05) is 0 Å². The van der Waals surface area contributed by atoms with Crippen molar-refractivity contribution in [2.24, 2.45) is 5.73 Å². The van der Waals surface area contributed by atoms with Crippen molar-refractivity contribution >= 4 is 11.8 Å². The van der Waals surface area contributed by atoms with Crippen LogP contribution in [0.2, 0.25) is 0 Å². The molecular weight excluding hydrogens is 528 g/mol. The maximum Gasteiger partial charge on any atom is 0.274 e. The molecule has 14 heteroatoms. The van der Waals surface area contributed by atoms with Crippen molar-refractivity contribution in [1.29, 1.82) is 0 Å². The number of carbonyl (C=O) groups excluding carboxylic acids is 2. The second-order valence-corrected chi connectivity index (χ2v) is 10.1. The average Bonchev–Trinajstić information content (AvgIpc) is 3.16. The maximum atomic E-state index is 14.5. The molecule has 5 rings (SSSR count). The fraction of sp³-hybridized carbons (Fsp3) is 0.480. The number of hydrogen-bond acceptors (Lipinski definition) is 7. The number of amides is 2. The summed E-state index contributed by atoms with van der Waals surface area (Å²) < 4.78 is 60.9. The zero-order valence-corrected chi connectivity index (χ0v) is 20.8. The van der Waals surface area contributed by atoms with Crippen LogP contribution in [0, 0.1) is 11.6 Å². The molecule has 1 aromatic carbocycles. The number of pyridine rings is 1. The van der Waals surface area contributed by atoms with E-state index in [-0.39, 0.29) is 43.2 Å². The molecule has 3 N–H and O–H groups in total. The van der Waals surface area contributed by atoms with E-state index < -0.39 is 71.1 Å². The fourth-order valence-electron chi connectivity index (χ4n) is 5.67. The highest BCUT2D eigenvalue weighted by molar-refractivity contribution is 5.99. The van der Waals surface area contributed by atoms with Gasteiger partial charge in [-0.2, -0.15) is 5.06 Å². The Balaban J connectivity index is 1.61. The molecular formula is C25H26F4N4O6. The summed E-state index contributed by atoms with van der Waals surface area (Å²) >= 11 is 0. The highest BCUT2D eigenvalue weighted by atomic mass is 19.3. The summed E-state index contributed by atoms with van der Waals surface area (Å²) in [5.41, 5.74) is 2.13. The average molecular weight is 554 g/mol. The quantitative estimate of drug-likeness (QED) is 0.525. The van der Waals surface area contributed by atoms with Crippen LogP contribution >= 0.6 is 0 Å². The second kappa shape index (κ2) is 9.92. The molecule has 1 unspecified atom stereocenters. The summed E-state index contributed by atoms with van der Waals surface area (Å²) in [6.45, 7) is 0.603. The van der Waals surface area contributed by atoms with Crippen LogP contribution in [0.15, 0.2) is 29.2 Å². The zero-order valence-electron chi connectivity index (χ0n) is 20.8. The topological polar surface area (TPSA) is 127 Å². The number of hydrogen-bond donors (Lipinski definition) is 2. The summed E-state index contributed by atoms with van der Waals surface area (Å²) in [6.07, 6.45) is -2.14. The number of alkyl halides is 2. The first-order chi connectivity index (χ1) is 18.4. The van der Waals surface area contributed by atoms with Crippen LogP contribution in [0.3, 0.4) is 0 Å². The van der Waals surface area contributed by atoms with Crippen LogP contribution in [-0.4, -0.2) is 68.9 Å². The highest BCUT2D eigenvalue weighted by Gasteiger charge is 2.57. The first kappa shape index (κ1) is 27.1. The number of primary amides is 1. The number of hydroxylamine groups is 2. The Kier molecular flexibility index (Phi) is 6.89. The molecule has 2 aromatic rings. The van der Waals surface area contributed by atoms with Crippen LogP contribution < -0.4 is 11.2 Å². The van der Waals surface area contributed by atoms with Gasteiger partial charge in [0.2, 0.25) is 5.43 Å². The van der Waals surface area contributed by atoms with E-state index in [2.05, 4.69) is 0 Å². The molecule has 2 fully saturated rings. The van der Waals surface area contributed by atoms with Gasteiger partial charge in [-0.05, 0) is 25.8 Å². The molecule has 3 aliphatic rings. The van der Waals surface area contributed by atoms with Crippen molar-refractivity contribution in [3.63, 3.8) is 0 Å². The van der Waals surface area contributed by atoms with E-state index in [0.717, 1.165) is 12.3 Å². The predicted octanol–water partition coefficient (Wildman–Crippen LogP) is 2.29. The lowest BCUT2D eigenvalue weighted by Gasteiger charge is -2.42. The molecule has 4 atom stereocenters. The zero-order chi connectivity index (χ0) is 28.2. The number of benzene rings is 1. The minimum atomic E-state index is -2.80. The van der Waals surface area contributed by atoms with Crippen LogP contribution in [0.25, 0.3) is 0 Å². The maximum absolute atomic E-state index is 14.5. The number of aromatic hydroxyl groups is 1. The lowest BCUT2D eigenvalue weighted by Crippen LogP contribution is -2.52. The molecule has 3 aliphatic heterocycles. The van der Waals surface area contributed by atoms with Crippen molar-refractivity contribution in [1.82, 2.24) is 14.5 Å². The van der Waals surface area contributed by atoms with Gasteiger partial charge in [-0.15, -0.1) is 0 Å². The Labute approximate surface area is 219 Å². The molecule has 39 heavy (non-hydrogen) atoms. The van der Waals surface area contributed by atoms with Gasteiger partial charge in [0, 0.05) is 36.8 Å². The van der Waals surface area contributed by atoms with Gasteiger partial charge in [-0.3, -0.25) is 19.2 Å². The molecule has 1 aromatic heterocycles. The SMILES string of the molecule is C[C@H]1CC[C@]2(CC(OCC(F)F)N(Cc3ccc(F)cc3F)O2)[C@H]2CN1C(=O)c1c(O)c(=O)c(C(N)=O)cn12. The smallest absolute Gasteiger partial charge is 0.274 e. The van der Waals surface area contributed by atoms with Gasteiger partial charge >= 0.3 is 0 Å². The summed E-state index contributed by atoms with van der Waals surface area (Å²) in [5, 5.41) is 11.9. The monoisotopic (exact) mass is 554 g/mol. The van der Waals surface area contributed by atoms with Crippen molar-refractivity contribution in [3.05, 3.63) is 63.1 Å². The van der Waals surface area contributed by atoms with E-state index in [9.17, 15) is 37.1 Å². The minimum absolute atomic E-state index is 0.0137. The third-order valence-electron chi connectivity index (χ3n) is 7.67. The molecule has 2 amide bonds. The normalized spacial score (nSPS) is 26.8. The van der Waals surface area contributed by atoms with Gasteiger partial charge in [-0.1, -0.05) is 6.07 Å². The van der Waals surface area contributed by atoms with E-state index in [1.165, 1.54) is 20.6 Å². The number of carbonyl (C=O) groups is 2. The van der Waals surface area contributed by atoms with Crippen molar-refractivity contribution < 1.29 is 41.8 Å². The van der Waals surface area contributed by atoms with Crippen LogP contribution in [-0.2, 0) is 16.1 Å². The largest absolute Gasteiger partial charge is 0.503 e. The van der Waals surface area contributed by atoms with Gasteiger partial charge in [0.1, 0.15) is 35.6 Å². The van der Waals surface area contributed by atoms with Crippen LogP contribution in [0.1, 0.15) is 58.6 Å². The summed E-state index contributed by atoms with van der Waals surface area (Å²) in [6, 6.07) is 1.77. The first-order valence-electron chi connectivity index (χ1n) is 12.3. The standard InChI is InChI=1S/C25H26F4N4O6/c1-12-4-5-25(17-10-31(12)24(37)20-22(35)21(34)15(23(30)36)9-32(17)20)7-19(38-11-18(28)29)33(39-25)8-13-2-3-14(26)6-16(13)27/h2-3,6,9,12,17-19,35H,4-5,7-8,10-11H2,1H3,(H2,30,36)/t12-,17+,19?,25-/m0/s1. The number of fused-ring (bicyclic) bond motifs is 5. The highest BCUT2D eigenvalue weighted by Crippen LogP contribution is 2.49. The van der Waals surface area contributed by atoms with E-state index in [1.54, 1.807) is 6.92 Å². The van der Waals surface area contributed by atoms with Crippen molar-refractivity contribution in [2.45, 2.75) is 63.1 Å². The molecule has 0 radical (unpaired) electrons. The minimum Gasteiger partial charge on any atom is -0.503 e. The van der Waals surface area contributed by atoms with Gasteiger partial charge in [0.25, 0.3) is 18.2 Å². The number of halogens is 4. The lowest BCUT2D eigenvalue weighted by atomic mass is 9.85. The predicted molar refractivity (Wildman–Crippen MR) is 126 cm³/mol. The van der Waals surface area contributed by atoms with Gasteiger partial charge in [0.15, 0.2) is 11.4 Å². The molecule has 0 aliphatic carbocycles. The Morgan fingerprint density at radius 3 is 2.72 bits per heavy atom. The molecule has 10 nitrogen and oxygen atoms in total. The molecule has 210 valence electrons. The Hall–Kier alpha value is -3.49. The van der Waals surface area contributed by atoms with E-state index in [0.29, 0.717) is 12.5 Å². The first-order valence-corrected chi connectivity index (χ1v) is 12.3. The van der Waals surface area contributed by atoms with E-state index in [4.69, 9.17) is 15.3 Å². The summed E-state index contributed by atoms with van der Waals surface area (Å²) in [5.74, 6) is -4.34. The fourth-order valence-corrected chi connectivity index (χ4v) is 5.67. The molecule has 1 spiro atoms. The van der Waals surface area contributed by atoms with Gasteiger partial charge in [-0.25, -0.2) is 17.6 Å². The van der Waals surface area contributed by atoms with Crippen LogP contribution in [0.4, 0.5) is 17.6 Å². The molecule has 2 saturated heterocycles. The van der Waals surface area contributed by atoms with Gasteiger partial charge < -0.3 is 25.0 Å². The number of nitrogens with two attached hydrogens (primary N) is 1. The Morgan fingerprint density at radius 2 is 2.05 bits per heavy atom. The Bertz CT molecular complexity index is 1390. The number of rotatable bonds is 6. The summed E-state index contributed by atoms with van der Waals surface area (Å²) in [4.78, 5) is 45.7.